The highest BCUT2D eigenvalue weighted by Crippen LogP contribution is 2.11. The molecule has 1 saturated heterocycles. The molecule has 120 valence electrons. The van der Waals surface area contributed by atoms with E-state index in [0.29, 0.717) is 5.92 Å². The van der Waals surface area contributed by atoms with Crippen LogP contribution in [0, 0.1) is 0 Å². The number of aliphatic hydroxyl groups excluding tert-OH is 1. The van der Waals surface area contributed by atoms with Gasteiger partial charge < -0.3 is 5.11 Å². The van der Waals surface area contributed by atoms with Crippen LogP contribution in [0.4, 0.5) is 0 Å². The highest BCUT2D eigenvalue weighted by atomic mass is 16.3. The maximum atomic E-state index is 8.92. The molecule has 1 fully saturated rings. The second-order valence-electron chi connectivity index (χ2n) is 5.43. The van der Waals surface area contributed by atoms with Crippen molar-refractivity contribution in [1.82, 2.24) is 19.8 Å². The molecule has 0 aliphatic carbocycles. The van der Waals surface area contributed by atoms with Crippen LogP contribution in [0.1, 0.15) is 45.0 Å². The molecule has 0 radical (unpaired) electrons. The normalized spacial score (nSPS) is 16.7. The van der Waals surface area contributed by atoms with Gasteiger partial charge in [-0.2, -0.15) is 0 Å². The van der Waals surface area contributed by atoms with Gasteiger partial charge >= 0.3 is 0 Å². The lowest BCUT2D eigenvalue weighted by atomic mass is 10.1. The molecule has 1 aromatic heterocycles. The zero-order valence-electron chi connectivity index (χ0n) is 13.9. The molecular formula is C16H30N4O. The van der Waals surface area contributed by atoms with E-state index in [4.69, 9.17) is 5.11 Å². The average Bonchev–Trinajstić information content (AvgIpc) is 2.52. The van der Waals surface area contributed by atoms with Gasteiger partial charge in [0.2, 0.25) is 0 Å². The largest absolute Gasteiger partial charge is 0.395 e. The summed E-state index contributed by atoms with van der Waals surface area (Å²) in [6.07, 6.45) is 3.79. The molecule has 0 amide bonds. The summed E-state index contributed by atoms with van der Waals surface area (Å²) >= 11 is 0. The van der Waals surface area contributed by atoms with Crippen LogP contribution >= 0.6 is 0 Å². The third-order valence-corrected chi connectivity index (χ3v) is 3.58. The van der Waals surface area contributed by atoms with Crippen molar-refractivity contribution in [2.45, 2.75) is 40.2 Å². The second kappa shape index (κ2) is 9.82. The number of β-amino-alcohol motifs (C(OH)–C–C–N with tert-alkyl or cyclic N) is 1. The molecule has 0 bridgehead atoms. The average molecular weight is 294 g/mol. The minimum Gasteiger partial charge on any atom is -0.395 e. The van der Waals surface area contributed by atoms with Gasteiger partial charge in [-0.3, -0.25) is 19.8 Å². The van der Waals surface area contributed by atoms with Crippen LogP contribution in [-0.4, -0.2) is 64.2 Å². The molecule has 1 aliphatic rings. The molecule has 1 N–H and O–H groups in total. The van der Waals surface area contributed by atoms with Gasteiger partial charge in [0.1, 0.15) is 0 Å². The molecule has 1 aliphatic heterocycles. The summed E-state index contributed by atoms with van der Waals surface area (Å²) < 4.78 is 0. The molecular weight excluding hydrogens is 264 g/mol. The Morgan fingerprint density at radius 1 is 1.05 bits per heavy atom. The molecule has 0 unspecified atom stereocenters. The molecule has 21 heavy (non-hydrogen) atoms. The van der Waals surface area contributed by atoms with Crippen LogP contribution in [0.3, 0.4) is 0 Å². The fourth-order valence-corrected chi connectivity index (χ4v) is 2.29. The van der Waals surface area contributed by atoms with Gasteiger partial charge in [0.15, 0.2) is 0 Å². The van der Waals surface area contributed by atoms with E-state index in [1.807, 2.05) is 26.2 Å². The highest BCUT2D eigenvalue weighted by molar-refractivity contribution is 5.05. The van der Waals surface area contributed by atoms with Gasteiger partial charge in [0.25, 0.3) is 0 Å². The third-order valence-electron chi connectivity index (χ3n) is 3.58. The number of aromatic nitrogens is 2. The van der Waals surface area contributed by atoms with Gasteiger partial charge in [0.05, 0.1) is 24.2 Å². The van der Waals surface area contributed by atoms with Crippen LogP contribution in [-0.2, 0) is 6.54 Å². The first kappa shape index (κ1) is 18.0. The highest BCUT2D eigenvalue weighted by Gasteiger charge is 2.16. The lowest BCUT2D eigenvalue weighted by Crippen LogP contribution is -2.46. The second-order valence-corrected chi connectivity index (χ2v) is 5.43. The predicted octanol–water partition coefficient (Wildman–Crippen LogP) is 1.74. The Kier molecular flexibility index (Phi) is 8.42. The predicted molar refractivity (Wildman–Crippen MR) is 86.3 cm³/mol. The maximum Gasteiger partial charge on any atom is 0.0727 e. The first-order chi connectivity index (χ1) is 10.2. The SMILES string of the molecule is CC.CC(C)c1cnc(CN2CCN(CCO)CC2)cn1. The van der Waals surface area contributed by atoms with Crippen LogP contribution in [0.15, 0.2) is 12.4 Å². The van der Waals surface area contributed by atoms with Crippen LogP contribution in [0.2, 0.25) is 0 Å². The van der Waals surface area contributed by atoms with Crippen molar-refractivity contribution in [3.63, 3.8) is 0 Å². The molecule has 5 nitrogen and oxygen atoms in total. The molecule has 2 heterocycles. The summed E-state index contributed by atoms with van der Waals surface area (Å²) in [6.45, 7) is 14.3. The molecule has 0 spiro atoms. The summed E-state index contributed by atoms with van der Waals surface area (Å²) in [5, 5.41) is 8.92. The van der Waals surface area contributed by atoms with Gasteiger partial charge in [-0.15, -0.1) is 0 Å². The van der Waals surface area contributed by atoms with E-state index in [0.717, 1.165) is 50.7 Å². The van der Waals surface area contributed by atoms with E-state index in [1.54, 1.807) is 0 Å². The summed E-state index contributed by atoms with van der Waals surface area (Å²) in [6, 6.07) is 0. The van der Waals surface area contributed by atoms with Crippen LogP contribution < -0.4 is 0 Å². The first-order valence-electron chi connectivity index (χ1n) is 8.05. The molecule has 5 heteroatoms. The third kappa shape index (κ3) is 6.08. The van der Waals surface area contributed by atoms with Crippen molar-refractivity contribution in [3.8, 4) is 0 Å². The first-order valence-corrected chi connectivity index (χ1v) is 8.05. The Hall–Kier alpha value is -1.04. The zero-order valence-corrected chi connectivity index (χ0v) is 13.9. The fraction of sp³-hybridized carbons (Fsp3) is 0.750. The zero-order chi connectivity index (χ0) is 15.7. The van der Waals surface area contributed by atoms with Crippen molar-refractivity contribution in [3.05, 3.63) is 23.8 Å². The summed E-state index contributed by atoms with van der Waals surface area (Å²) in [5.74, 6) is 0.434. The smallest absolute Gasteiger partial charge is 0.0727 e. The van der Waals surface area contributed by atoms with Crippen LogP contribution in [0.25, 0.3) is 0 Å². The van der Waals surface area contributed by atoms with E-state index in [9.17, 15) is 0 Å². The van der Waals surface area contributed by atoms with E-state index in [1.165, 1.54) is 0 Å². The Balaban J connectivity index is 0.00000106. The summed E-state index contributed by atoms with van der Waals surface area (Å²) in [4.78, 5) is 13.6. The van der Waals surface area contributed by atoms with Crippen molar-refractivity contribution >= 4 is 0 Å². The quantitative estimate of drug-likeness (QED) is 0.896. The lowest BCUT2D eigenvalue weighted by molar-refractivity contribution is 0.107. The van der Waals surface area contributed by atoms with E-state index >= 15 is 0 Å². The molecule has 1 aromatic rings. The van der Waals surface area contributed by atoms with Crippen molar-refractivity contribution in [2.24, 2.45) is 0 Å². The minimum absolute atomic E-state index is 0.252. The number of aliphatic hydroxyl groups is 1. The van der Waals surface area contributed by atoms with Gasteiger partial charge in [-0.25, -0.2) is 0 Å². The fourth-order valence-electron chi connectivity index (χ4n) is 2.29. The van der Waals surface area contributed by atoms with Gasteiger partial charge in [0, 0.05) is 45.5 Å². The Labute approximate surface area is 129 Å². The van der Waals surface area contributed by atoms with Crippen molar-refractivity contribution in [2.75, 3.05) is 39.3 Å². The Bertz CT molecular complexity index is 372. The minimum atomic E-state index is 0.252. The Morgan fingerprint density at radius 3 is 2.14 bits per heavy atom. The van der Waals surface area contributed by atoms with Gasteiger partial charge in [-0.05, 0) is 5.92 Å². The topological polar surface area (TPSA) is 52.5 Å². The monoisotopic (exact) mass is 294 g/mol. The maximum absolute atomic E-state index is 8.92. The number of hydrogen-bond donors (Lipinski definition) is 1. The number of hydrogen-bond acceptors (Lipinski definition) is 5. The van der Waals surface area contributed by atoms with Crippen molar-refractivity contribution in [1.29, 1.82) is 0 Å². The molecule has 0 saturated carbocycles. The molecule has 0 atom stereocenters. The summed E-state index contributed by atoms with van der Waals surface area (Å²) in [5.41, 5.74) is 2.09. The molecule has 0 aromatic carbocycles. The van der Waals surface area contributed by atoms with E-state index < -0.39 is 0 Å². The van der Waals surface area contributed by atoms with Crippen LogP contribution in [0.5, 0.6) is 0 Å². The lowest BCUT2D eigenvalue weighted by Gasteiger charge is -2.34. The van der Waals surface area contributed by atoms with E-state index in [-0.39, 0.29) is 6.61 Å². The summed E-state index contributed by atoms with van der Waals surface area (Å²) in [7, 11) is 0. The van der Waals surface area contributed by atoms with Gasteiger partial charge in [-0.1, -0.05) is 27.7 Å². The number of piperazine rings is 1. The van der Waals surface area contributed by atoms with Crippen molar-refractivity contribution < 1.29 is 5.11 Å². The molecule has 2 rings (SSSR count). The number of nitrogens with zero attached hydrogens (tertiary/aromatic N) is 4. The Morgan fingerprint density at radius 2 is 1.67 bits per heavy atom. The van der Waals surface area contributed by atoms with E-state index in [2.05, 4.69) is 33.6 Å². The standard InChI is InChI=1S/C14H24N4O.C2H6/c1-12(2)14-10-15-13(9-16-14)11-18-5-3-17(4-6-18)7-8-19;1-2/h9-10,12,19H,3-8,11H2,1-2H3;1-2H3. The number of rotatable bonds is 5.